The first-order valence-electron chi connectivity index (χ1n) is 8.38. The lowest BCUT2D eigenvalue weighted by molar-refractivity contribution is -0.722. The Morgan fingerprint density at radius 3 is 1.93 bits per heavy atom. The first kappa shape index (κ1) is 21.6. The zero-order valence-corrected chi connectivity index (χ0v) is 17.3. The number of halogens is 7. The highest BCUT2D eigenvalue weighted by Crippen LogP contribution is 2.39. The predicted molar refractivity (Wildman–Crippen MR) is 102 cm³/mol. The standard InChI is InChI=1S/C19H15F6IN3/c1-11(12-6-4-3-5-7-12)29-17(26)16(28(2)27-29)13-8-14(18(20,21)22)10-15(9-13)19(23,24)25/h3-11H,1-2H3/q+1. The molecule has 3 aromatic rings. The monoisotopic (exact) mass is 526 g/mol. The molecule has 0 radical (unpaired) electrons. The molecule has 0 saturated carbocycles. The molecule has 1 aromatic heterocycles. The molecule has 1 heterocycles. The van der Waals surface area contributed by atoms with Crippen LogP contribution in [0.4, 0.5) is 26.3 Å². The average molecular weight is 526 g/mol. The van der Waals surface area contributed by atoms with E-state index in [1.807, 2.05) is 59.8 Å². The summed E-state index contributed by atoms with van der Waals surface area (Å²) in [6, 6.07) is 10.5. The molecule has 2 aromatic carbocycles. The van der Waals surface area contributed by atoms with Gasteiger partial charge in [-0.1, -0.05) is 30.3 Å². The lowest BCUT2D eigenvalue weighted by Crippen LogP contribution is -2.34. The third-order valence-electron chi connectivity index (χ3n) is 4.46. The van der Waals surface area contributed by atoms with Crippen molar-refractivity contribution < 1.29 is 31.0 Å². The summed E-state index contributed by atoms with van der Waals surface area (Å²) in [6.07, 6.45) is -9.82. The second-order valence-electron chi connectivity index (χ2n) is 6.48. The lowest BCUT2D eigenvalue weighted by Gasteiger charge is -2.13. The molecule has 0 fully saturated rings. The van der Waals surface area contributed by atoms with E-state index in [2.05, 4.69) is 5.21 Å². The third kappa shape index (κ3) is 4.41. The Morgan fingerprint density at radius 1 is 0.931 bits per heavy atom. The van der Waals surface area contributed by atoms with Gasteiger partial charge in [-0.3, -0.25) is 0 Å². The Labute approximate surface area is 176 Å². The Morgan fingerprint density at radius 2 is 1.45 bits per heavy atom. The maximum atomic E-state index is 13.2. The number of nitrogens with zero attached hydrogens (tertiary/aromatic N) is 3. The highest BCUT2D eigenvalue weighted by atomic mass is 127. The van der Waals surface area contributed by atoms with E-state index in [9.17, 15) is 26.3 Å². The molecule has 0 aliphatic rings. The molecule has 1 atom stereocenters. The van der Waals surface area contributed by atoms with E-state index >= 15 is 0 Å². The maximum Gasteiger partial charge on any atom is 0.416 e. The molecule has 0 aliphatic heterocycles. The summed E-state index contributed by atoms with van der Waals surface area (Å²) in [4.78, 5) is 0. The normalized spacial score (nSPS) is 13.6. The summed E-state index contributed by atoms with van der Waals surface area (Å²) in [7, 11) is 1.49. The van der Waals surface area contributed by atoms with Crippen molar-refractivity contribution in [3.05, 3.63) is 68.9 Å². The van der Waals surface area contributed by atoms with Crippen LogP contribution < -0.4 is 4.68 Å². The van der Waals surface area contributed by atoms with Crippen molar-refractivity contribution in [1.82, 2.24) is 9.90 Å². The topological polar surface area (TPSA) is 21.7 Å². The largest absolute Gasteiger partial charge is 0.416 e. The van der Waals surface area contributed by atoms with E-state index in [1.54, 1.807) is 4.68 Å². The van der Waals surface area contributed by atoms with Crippen molar-refractivity contribution in [2.24, 2.45) is 7.05 Å². The highest BCUT2D eigenvalue weighted by Gasteiger charge is 2.38. The van der Waals surface area contributed by atoms with Crippen molar-refractivity contribution in [3.63, 3.8) is 0 Å². The van der Waals surface area contributed by atoms with Crippen LogP contribution in [0, 0.1) is 3.70 Å². The van der Waals surface area contributed by atoms with Gasteiger partial charge in [-0.05, 0) is 30.7 Å². The van der Waals surface area contributed by atoms with Gasteiger partial charge in [-0.15, -0.1) is 9.36 Å². The molecule has 1 unspecified atom stereocenters. The molecular weight excluding hydrogens is 511 g/mol. The van der Waals surface area contributed by atoms with Gasteiger partial charge in [-0.2, -0.15) is 26.3 Å². The maximum absolute atomic E-state index is 13.2. The number of alkyl halides is 6. The molecule has 0 spiro atoms. The molecule has 3 rings (SSSR count). The van der Waals surface area contributed by atoms with Crippen LogP contribution in [-0.4, -0.2) is 9.90 Å². The van der Waals surface area contributed by atoms with Gasteiger partial charge < -0.3 is 0 Å². The van der Waals surface area contributed by atoms with Crippen molar-refractivity contribution in [1.29, 1.82) is 0 Å². The van der Waals surface area contributed by atoms with E-state index in [4.69, 9.17) is 0 Å². The lowest BCUT2D eigenvalue weighted by atomic mass is 10.0. The van der Waals surface area contributed by atoms with Crippen LogP contribution >= 0.6 is 22.6 Å². The predicted octanol–water partition coefficient (Wildman–Crippen LogP) is 5.63. The molecule has 0 aliphatic carbocycles. The molecule has 154 valence electrons. The first-order valence-corrected chi connectivity index (χ1v) is 9.46. The molecule has 10 heteroatoms. The number of hydrogen-bond donors (Lipinski definition) is 0. The molecular formula is C19H15F6IN3+. The summed E-state index contributed by atoms with van der Waals surface area (Å²) < 4.78 is 82.5. The summed E-state index contributed by atoms with van der Waals surface area (Å²) in [5.74, 6) is 0. The third-order valence-corrected chi connectivity index (χ3v) is 5.47. The van der Waals surface area contributed by atoms with Crippen LogP contribution in [0.15, 0.2) is 48.5 Å². The van der Waals surface area contributed by atoms with Crippen LogP contribution in [0.25, 0.3) is 11.3 Å². The number of benzene rings is 2. The van der Waals surface area contributed by atoms with Gasteiger partial charge in [0.15, 0.2) is 0 Å². The van der Waals surface area contributed by atoms with Crippen molar-refractivity contribution in [3.8, 4) is 11.3 Å². The van der Waals surface area contributed by atoms with Gasteiger partial charge in [-0.25, -0.2) is 0 Å². The molecule has 0 bridgehead atoms. The second kappa shape index (κ2) is 7.62. The molecule has 29 heavy (non-hydrogen) atoms. The van der Waals surface area contributed by atoms with Crippen molar-refractivity contribution in [2.45, 2.75) is 25.3 Å². The van der Waals surface area contributed by atoms with Gasteiger partial charge in [0, 0.05) is 28.2 Å². The van der Waals surface area contributed by atoms with Crippen LogP contribution in [0.3, 0.4) is 0 Å². The van der Waals surface area contributed by atoms with Gasteiger partial charge >= 0.3 is 12.4 Å². The van der Waals surface area contributed by atoms with Crippen molar-refractivity contribution >= 4 is 22.6 Å². The fraction of sp³-hybridized carbons (Fsp3) is 0.263. The molecule has 0 amide bonds. The SMILES string of the molecule is CC(c1ccccc1)n1n[n+](C)c(-c2cc(C(F)(F)F)cc(C(F)(F)F)c2)c1I. The number of hydrogen-bond acceptors (Lipinski definition) is 1. The van der Waals surface area contributed by atoms with Gasteiger partial charge in [0.1, 0.15) is 13.1 Å². The fourth-order valence-corrected chi connectivity index (χ4v) is 4.16. The highest BCUT2D eigenvalue weighted by molar-refractivity contribution is 14.1. The Bertz CT molecular complexity index is 993. The van der Waals surface area contributed by atoms with E-state index in [-0.39, 0.29) is 23.4 Å². The van der Waals surface area contributed by atoms with Crippen LogP contribution in [0.2, 0.25) is 0 Å². The molecule has 3 nitrogen and oxygen atoms in total. The van der Waals surface area contributed by atoms with Gasteiger partial charge in [0.25, 0.3) is 0 Å². The van der Waals surface area contributed by atoms with Gasteiger partial charge in [0.2, 0.25) is 9.39 Å². The number of aromatic nitrogens is 3. The Hall–Kier alpha value is -2.11. The van der Waals surface area contributed by atoms with E-state index in [0.717, 1.165) is 5.56 Å². The summed E-state index contributed by atoms with van der Waals surface area (Å²) in [5.41, 5.74) is -1.85. The van der Waals surface area contributed by atoms with E-state index in [1.165, 1.54) is 11.7 Å². The summed E-state index contributed by atoms with van der Waals surface area (Å²) >= 11 is 1.89. The van der Waals surface area contributed by atoms with Crippen LogP contribution in [0.5, 0.6) is 0 Å². The Balaban J connectivity index is 2.18. The van der Waals surface area contributed by atoms with Crippen molar-refractivity contribution in [2.75, 3.05) is 0 Å². The molecule has 0 N–H and O–H groups in total. The zero-order chi connectivity index (χ0) is 21.6. The number of aryl methyl sites for hydroxylation is 1. The van der Waals surface area contributed by atoms with E-state index < -0.39 is 23.5 Å². The first-order chi connectivity index (χ1) is 13.4. The smallest absolute Gasteiger partial charge is 0.166 e. The minimum absolute atomic E-state index is 0.118. The van der Waals surface area contributed by atoms with E-state index in [0.29, 0.717) is 15.8 Å². The average Bonchev–Trinajstić information content (AvgIpc) is 2.94. The summed E-state index contributed by atoms with van der Waals surface area (Å²) in [6.45, 7) is 1.85. The molecule has 0 saturated heterocycles. The minimum atomic E-state index is -4.91. The fourth-order valence-electron chi connectivity index (χ4n) is 2.99. The summed E-state index contributed by atoms with van der Waals surface area (Å²) in [5, 5.41) is 4.31. The second-order valence-corrected chi connectivity index (χ2v) is 7.50. The quantitative estimate of drug-likeness (QED) is 0.247. The minimum Gasteiger partial charge on any atom is -0.166 e. The van der Waals surface area contributed by atoms with Crippen LogP contribution in [-0.2, 0) is 19.4 Å². The van der Waals surface area contributed by atoms with Crippen LogP contribution in [0.1, 0.15) is 29.7 Å². The number of rotatable bonds is 3. The zero-order valence-electron chi connectivity index (χ0n) is 15.2. The van der Waals surface area contributed by atoms with Gasteiger partial charge in [0.05, 0.1) is 16.3 Å². The Kier molecular flexibility index (Phi) is 5.67.